The molecule has 2 atom stereocenters. The average Bonchev–Trinajstić information content (AvgIpc) is 2.13. The Morgan fingerprint density at radius 1 is 1.11 bits per heavy atom. The first-order valence-corrected chi connectivity index (χ1v) is 8.79. The van der Waals surface area contributed by atoms with E-state index in [4.69, 9.17) is 25.3 Å². The van der Waals surface area contributed by atoms with Crippen molar-refractivity contribution in [2.75, 3.05) is 0 Å². The van der Waals surface area contributed by atoms with Gasteiger partial charge in [-0.25, -0.2) is 0 Å². The minimum absolute atomic E-state index is 0.165. The summed E-state index contributed by atoms with van der Waals surface area (Å²) in [6, 6.07) is -0.165. The van der Waals surface area contributed by atoms with Crippen molar-refractivity contribution in [2.24, 2.45) is 11.7 Å². The van der Waals surface area contributed by atoms with Crippen LogP contribution in [0.4, 0.5) is 0 Å². The molecule has 1 rings (SSSR count). The first kappa shape index (κ1) is 16.3. The number of aliphatic hydroxyl groups is 1. The second-order valence-electron chi connectivity index (χ2n) is 4.86. The molecule has 1 aliphatic carbocycles. The van der Waals surface area contributed by atoms with E-state index in [1.165, 1.54) is 0 Å². The van der Waals surface area contributed by atoms with Crippen molar-refractivity contribution >= 4 is 15.2 Å². The molecule has 10 heteroatoms. The third-order valence-electron chi connectivity index (χ3n) is 3.32. The molecule has 1 aliphatic rings. The smallest absolute Gasteiger partial charge is 0.368 e. The van der Waals surface area contributed by atoms with Crippen LogP contribution in [-0.2, 0) is 9.13 Å². The van der Waals surface area contributed by atoms with Gasteiger partial charge in [-0.3, -0.25) is 9.13 Å². The van der Waals surface area contributed by atoms with Crippen molar-refractivity contribution in [3.63, 3.8) is 0 Å². The summed E-state index contributed by atoms with van der Waals surface area (Å²) in [4.78, 5) is 36.0. The molecule has 1 fully saturated rings. The largest absolute Gasteiger partial charge is 0.369 e. The third-order valence-corrected chi connectivity index (χ3v) is 7.11. The quantitative estimate of drug-likeness (QED) is 0.392. The normalized spacial score (nSPS) is 27.2. The first-order valence-electron chi connectivity index (χ1n) is 5.56. The molecule has 0 amide bonds. The Morgan fingerprint density at radius 2 is 1.61 bits per heavy atom. The summed E-state index contributed by atoms with van der Waals surface area (Å²) < 4.78 is 22.4. The predicted octanol–water partition coefficient (Wildman–Crippen LogP) is -0.105. The van der Waals surface area contributed by atoms with Crippen molar-refractivity contribution in [3.8, 4) is 0 Å². The van der Waals surface area contributed by atoms with E-state index in [2.05, 4.69) is 0 Å². The highest BCUT2D eigenvalue weighted by atomic mass is 31.2. The second kappa shape index (κ2) is 5.31. The predicted molar refractivity (Wildman–Crippen MR) is 63.6 cm³/mol. The Bertz CT molecular complexity index is 367. The van der Waals surface area contributed by atoms with Crippen LogP contribution in [0, 0.1) is 5.92 Å². The van der Waals surface area contributed by atoms with Crippen LogP contribution >= 0.6 is 15.2 Å². The maximum atomic E-state index is 11.2. The zero-order valence-electron chi connectivity index (χ0n) is 9.71. The van der Waals surface area contributed by atoms with Crippen LogP contribution in [0.5, 0.6) is 0 Å². The van der Waals surface area contributed by atoms with Crippen LogP contribution in [0.15, 0.2) is 0 Å². The molecular weight excluding hydrogens is 284 g/mol. The van der Waals surface area contributed by atoms with Gasteiger partial charge in [-0.15, -0.1) is 0 Å². The molecule has 0 aromatic carbocycles. The fourth-order valence-corrected chi connectivity index (χ4v) is 4.66. The third kappa shape index (κ3) is 3.40. The molecule has 0 aromatic heterocycles. The lowest BCUT2D eigenvalue weighted by Crippen LogP contribution is -2.35. The van der Waals surface area contributed by atoms with E-state index in [0.717, 1.165) is 6.42 Å². The van der Waals surface area contributed by atoms with Crippen LogP contribution in [0.2, 0.25) is 0 Å². The highest BCUT2D eigenvalue weighted by Crippen LogP contribution is 2.70. The van der Waals surface area contributed by atoms with Gasteiger partial charge < -0.3 is 30.4 Å². The van der Waals surface area contributed by atoms with E-state index >= 15 is 0 Å². The van der Waals surface area contributed by atoms with Crippen molar-refractivity contribution in [3.05, 3.63) is 0 Å². The standard InChI is InChI=1S/C8H19NO7P2/c9-7-3-1-2-6(4-7)5-8(10,17(11,12)13)18(14,15)16/h6-7,10H,1-5,9H2,(H2,11,12,13)(H2,14,15,16). The molecule has 0 bridgehead atoms. The Morgan fingerprint density at radius 3 is 2.00 bits per heavy atom. The monoisotopic (exact) mass is 303 g/mol. The molecule has 7 N–H and O–H groups in total. The number of hydrogen-bond donors (Lipinski definition) is 6. The lowest BCUT2D eigenvalue weighted by Gasteiger charge is -2.35. The van der Waals surface area contributed by atoms with Gasteiger partial charge in [0, 0.05) is 12.5 Å². The highest BCUT2D eigenvalue weighted by Gasteiger charge is 2.59. The first-order chi connectivity index (χ1) is 7.97. The van der Waals surface area contributed by atoms with Crippen LogP contribution in [0.25, 0.3) is 0 Å². The molecule has 8 nitrogen and oxygen atoms in total. The minimum atomic E-state index is -5.34. The van der Waals surface area contributed by atoms with Crippen LogP contribution in [0.1, 0.15) is 32.1 Å². The van der Waals surface area contributed by atoms with Gasteiger partial charge in [0.15, 0.2) is 0 Å². The lowest BCUT2D eigenvalue weighted by molar-refractivity contribution is 0.0965. The molecule has 0 aromatic rings. The molecule has 0 saturated heterocycles. The minimum Gasteiger partial charge on any atom is -0.368 e. The molecule has 0 heterocycles. The summed E-state index contributed by atoms with van der Waals surface area (Å²) in [5.41, 5.74) is 5.69. The van der Waals surface area contributed by atoms with Gasteiger partial charge in [0.2, 0.25) is 0 Å². The topological polar surface area (TPSA) is 161 Å². The Hall–Kier alpha value is 0.220. The fraction of sp³-hybridized carbons (Fsp3) is 1.00. The molecule has 0 aliphatic heterocycles. The summed E-state index contributed by atoms with van der Waals surface area (Å²) in [6.45, 7) is 0. The molecule has 0 spiro atoms. The van der Waals surface area contributed by atoms with E-state index < -0.39 is 32.6 Å². The van der Waals surface area contributed by atoms with Crippen molar-refractivity contribution in [2.45, 2.75) is 43.2 Å². The summed E-state index contributed by atoms with van der Waals surface area (Å²) in [5.74, 6) is -0.404. The molecule has 108 valence electrons. The van der Waals surface area contributed by atoms with Gasteiger partial charge in [-0.1, -0.05) is 12.8 Å². The van der Waals surface area contributed by atoms with E-state index in [0.29, 0.717) is 19.3 Å². The summed E-state index contributed by atoms with van der Waals surface area (Å²) in [6.07, 6.45) is 1.76. The van der Waals surface area contributed by atoms with Crippen LogP contribution < -0.4 is 5.73 Å². The Balaban J connectivity index is 2.94. The van der Waals surface area contributed by atoms with E-state index in [1.54, 1.807) is 0 Å². The van der Waals surface area contributed by atoms with E-state index in [9.17, 15) is 14.2 Å². The van der Waals surface area contributed by atoms with Crippen LogP contribution in [0.3, 0.4) is 0 Å². The number of hydrogen-bond acceptors (Lipinski definition) is 4. The maximum absolute atomic E-state index is 11.2. The van der Waals surface area contributed by atoms with Crippen molar-refractivity contribution in [1.82, 2.24) is 0 Å². The molecule has 18 heavy (non-hydrogen) atoms. The average molecular weight is 303 g/mol. The highest BCUT2D eigenvalue weighted by molar-refractivity contribution is 7.72. The zero-order valence-corrected chi connectivity index (χ0v) is 11.5. The summed E-state index contributed by atoms with van der Waals surface area (Å²) in [7, 11) is -10.7. The summed E-state index contributed by atoms with van der Waals surface area (Å²) in [5, 5.41) is 6.45. The van der Waals surface area contributed by atoms with E-state index in [1.807, 2.05) is 0 Å². The number of rotatable bonds is 4. The molecular formula is C8H19NO7P2. The maximum Gasteiger partial charge on any atom is 0.369 e. The Labute approximate surface area is 105 Å². The second-order valence-corrected chi connectivity index (χ2v) is 8.87. The van der Waals surface area contributed by atoms with E-state index in [-0.39, 0.29) is 6.04 Å². The van der Waals surface area contributed by atoms with Crippen molar-refractivity contribution < 1.29 is 33.8 Å². The van der Waals surface area contributed by atoms with Gasteiger partial charge in [0.05, 0.1) is 0 Å². The van der Waals surface area contributed by atoms with Gasteiger partial charge in [-0.2, -0.15) is 0 Å². The number of nitrogens with two attached hydrogens (primary N) is 1. The van der Waals surface area contributed by atoms with Gasteiger partial charge in [-0.05, 0) is 18.8 Å². The van der Waals surface area contributed by atoms with Crippen LogP contribution in [-0.4, -0.2) is 35.8 Å². The fourth-order valence-electron chi connectivity index (χ4n) is 2.31. The lowest BCUT2D eigenvalue weighted by atomic mass is 9.84. The van der Waals surface area contributed by atoms with Gasteiger partial charge in [0.1, 0.15) is 0 Å². The summed E-state index contributed by atoms with van der Waals surface area (Å²) >= 11 is 0. The zero-order chi connectivity index (χ0) is 14.2. The Kier molecular flexibility index (Phi) is 4.80. The van der Waals surface area contributed by atoms with Gasteiger partial charge in [0.25, 0.3) is 5.08 Å². The molecule has 0 radical (unpaired) electrons. The SMILES string of the molecule is NC1CCCC(CC(O)(P(=O)(O)O)P(=O)(O)O)C1. The molecule has 2 unspecified atom stereocenters. The molecule has 1 saturated carbocycles. The van der Waals surface area contributed by atoms with Crippen molar-refractivity contribution in [1.29, 1.82) is 0 Å². The van der Waals surface area contributed by atoms with Gasteiger partial charge >= 0.3 is 15.2 Å².